The average molecular weight is 374 g/mol. The molecule has 4 heterocycles. The van der Waals surface area contributed by atoms with Crippen LogP contribution in [0.2, 0.25) is 0 Å². The highest BCUT2D eigenvalue weighted by atomic mass is 19.1. The second-order valence-electron chi connectivity index (χ2n) is 6.39. The van der Waals surface area contributed by atoms with E-state index >= 15 is 0 Å². The van der Waals surface area contributed by atoms with Crippen LogP contribution in [0, 0.1) is 5.82 Å². The van der Waals surface area contributed by atoms with Crippen LogP contribution in [0.25, 0.3) is 22.4 Å². The van der Waals surface area contributed by atoms with Gasteiger partial charge in [0.05, 0.1) is 0 Å². The molecule has 28 heavy (non-hydrogen) atoms. The van der Waals surface area contributed by atoms with E-state index in [-0.39, 0.29) is 5.82 Å². The second-order valence-corrected chi connectivity index (χ2v) is 6.39. The molecule has 0 unspecified atom stereocenters. The molecule has 0 fully saturated rings. The van der Waals surface area contributed by atoms with E-state index in [1.165, 1.54) is 6.07 Å². The van der Waals surface area contributed by atoms with Crippen LogP contribution in [0.4, 0.5) is 10.2 Å². The van der Waals surface area contributed by atoms with Crippen molar-refractivity contribution in [2.24, 2.45) is 5.10 Å². The van der Waals surface area contributed by atoms with Crippen LogP contribution in [-0.2, 0) is 6.42 Å². The van der Waals surface area contributed by atoms with Gasteiger partial charge in [-0.1, -0.05) is 12.1 Å². The number of nitrogens with zero attached hydrogens (tertiary/aromatic N) is 7. The molecule has 0 amide bonds. The summed E-state index contributed by atoms with van der Waals surface area (Å²) in [5, 5.41) is 17.1. The first-order valence-corrected chi connectivity index (χ1v) is 8.72. The predicted octanol–water partition coefficient (Wildman–Crippen LogP) is 2.58. The van der Waals surface area contributed by atoms with Gasteiger partial charge >= 0.3 is 0 Å². The number of hydrogen-bond acceptors (Lipinski definition) is 6. The third kappa shape index (κ3) is 2.73. The molecule has 1 aromatic carbocycles. The molecule has 8 nitrogen and oxygen atoms in total. The molecule has 138 valence electrons. The molecular weight excluding hydrogens is 359 g/mol. The van der Waals surface area contributed by atoms with E-state index in [2.05, 4.69) is 25.4 Å². The van der Waals surface area contributed by atoms with Crippen LogP contribution in [0.3, 0.4) is 0 Å². The molecule has 2 N–H and O–H groups in total. The Bertz CT molecular complexity index is 1210. The van der Waals surface area contributed by atoms with Crippen molar-refractivity contribution in [1.82, 2.24) is 29.6 Å². The number of nitrogens with two attached hydrogens (primary N) is 1. The van der Waals surface area contributed by atoms with Gasteiger partial charge in [-0.2, -0.15) is 10.2 Å². The number of pyridine rings is 1. The number of hydrogen-bond donors (Lipinski definition) is 1. The summed E-state index contributed by atoms with van der Waals surface area (Å²) in [6, 6.07) is 10.1. The van der Waals surface area contributed by atoms with Gasteiger partial charge in [-0.15, -0.1) is 10.2 Å². The van der Waals surface area contributed by atoms with Gasteiger partial charge in [0.1, 0.15) is 23.7 Å². The third-order valence-corrected chi connectivity index (χ3v) is 4.59. The predicted molar refractivity (Wildman–Crippen MR) is 102 cm³/mol. The van der Waals surface area contributed by atoms with Crippen LogP contribution in [0.1, 0.15) is 12.2 Å². The van der Waals surface area contributed by atoms with Crippen molar-refractivity contribution >= 4 is 11.7 Å². The fourth-order valence-corrected chi connectivity index (χ4v) is 3.25. The first-order valence-electron chi connectivity index (χ1n) is 8.72. The Labute approximate surface area is 159 Å². The zero-order valence-corrected chi connectivity index (χ0v) is 14.7. The van der Waals surface area contributed by atoms with E-state index in [0.717, 1.165) is 22.8 Å². The van der Waals surface area contributed by atoms with E-state index in [0.29, 0.717) is 29.9 Å². The van der Waals surface area contributed by atoms with Crippen molar-refractivity contribution in [2.75, 3.05) is 5.73 Å². The summed E-state index contributed by atoms with van der Waals surface area (Å²) in [5.74, 6) is 1.56. The smallest absolute Gasteiger partial charge is 0.154 e. The minimum Gasteiger partial charge on any atom is -0.384 e. The average Bonchev–Trinajstić information content (AvgIpc) is 3.35. The number of rotatable bonds is 2. The van der Waals surface area contributed by atoms with Crippen molar-refractivity contribution in [1.29, 1.82) is 0 Å². The zero-order chi connectivity index (χ0) is 19.1. The maximum Gasteiger partial charge on any atom is 0.154 e. The normalized spacial score (nSPS) is 13.2. The Morgan fingerprint density at radius 1 is 1.07 bits per heavy atom. The van der Waals surface area contributed by atoms with Crippen LogP contribution in [-0.4, -0.2) is 35.5 Å². The number of aryl methyl sites for hydroxylation is 1. The highest BCUT2D eigenvalue weighted by Gasteiger charge is 2.21. The number of benzene rings is 1. The number of anilines is 1. The van der Waals surface area contributed by atoms with Crippen LogP contribution in [0.5, 0.6) is 0 Å². The maximum absolute atomic E-state index is 14.5. The lowest BCUT2D eigenvalue weighted by atomic mass is 10.0. The Morgan fingerprint density at radius 3 is 2.82 bits per heavy atom. The Kier molecular flexibility index (Phi) is 3.71. The van der Waals surface area contributed by atoms with Gasteiger partial charge < -0.3 is 5.73 Å². The van der Waals surface area contributed by atoms with Crippen molar-refractivity contribution in [2.45, 2.75) is 12.8 Å². The topological polar surface area (TPSA) is 99.8 Å². The molecule has 1 aliphatic heterocycles. The van der Waals surface area contributed by atoms with E-state index in [1.807, 2.05) is 12.3 Å². The van der Waals surface area contributed by atoms with Crippen molar-refractivity contribution in [3.05, 3.63) is 66.8 Å². The SMILES string of the molecule is Nc1cc(-c2cn(C3=Nn4cnnc4CC3)nc2-c2ccccc2F)ccn1. The Morgan fingerprint density at radius 2 is 1.96 bits per heavy atom. The molecule has 0 aliphatic carbocycles. The maximum atomic E-state index is 14.5. The molecule has 5 rings (SSSR count). The van der Waals surface area contributed by atoms with Gasteiger partial charge in [0.25, 0.3) is 0 Å². The summed E-state index contributed by atoms with van der Waals surface area (Å²) in [6.07, 6.45) is 6.36. The lowest BCUT2D eigenvalue weighted by Gasteiger charge is -2.12. The number of nitrogen functional groups attached to an aromatic ring is 1. The molecule has 0 saturated carbocycles. The monoisotopic (exact) mass is 374 g/mol. The highest BCUT2D eigenvalue weighted by Crippen LogP contribution is 2.33. The van der Waals surface area contributed by atoms with Crippen LogP contribution < -0.4 is 5.73 Å². The van der Waals surface area contributed by atoms with Gasteiger partial charge in [-0.05, 0) is 29.8 Å². The summed E-state index contributed by atoms with van der Waals surface area (Å²) in [5.41, 5.74) is 8.33. The van der Waals surface area contributed by atoms with E-state index < -0.39 is 0 Å². The second kappa shape index (κ2) is 6.38. The quantitative estimate of drug-likeness (QED) is 0.581. The summed E-state index contributed by atoms with van der Waals surface area (Å²) in [6.45, 7) is 0. The molecule has 0 atom stereocenters. The van der Waals surface area contributed by atoms with Gasteiger partial charge in [0.15, 0.2) is 11.7 Å². The van der Waals surface area contributed by atoms with Gasteiger partial charge in [-0.25, -0.2) is 18.7 Å². The summed E-state index contributed by atoms with van der Waals surface area (Å²) in [7, 11) is 0. The van der Waals surface area contributed by atoms with E-state index in [4.69, 9.17) is 5.73 Å². The molecule has 9 heteroatoms. The standard InChI is InChI=1S/C19H15FN8/c20-15-4-2-1-3-13(15)19-14(12-7-8-22-16(21)9-12)10-27(26-19)18-6-5-17-24-23-11-28(17)25-18/h1-4,7-11H,5-6H2,(H2,21,22). The third-order valence-electron chi connectivity index (χ3n) is 4.59. The van der Waals surface area contributed by atoms with Crippen molar-refractivity contribution in [3.63, 3.8) is 0 Å². The Hall–Kier alpha value is -3.88. The molecule has 1 aliphatic rings. The van der Waals surface area contributed by atoms with E-state index in [9.17, 15) is 4.39 Å². The molecule has 0 bridgehead atoms. The fourth-order valence-electron chi connectivity index (χ4n) is 3.25. The molecular formula is C19H15FN8. The van der Waals surface area contributed by atoms with Crippen molar-refractivity contribution in [3.8, 4) is 22.4 Å². The van der Waals surface area contributed by atoms with Gasteiger partial charge in [-0.3, -0.25) is 0 Å². The summed E-state index contributed by atoms with van der Waals surface area (Å²) < 4.78 is 17.8. The number of halogens is 1. The first-order chi connectivity index (χ1) is 13.7. The van der Waals surface area contributed by atoms with Gasteiger partial charge in [0, 0.05) is 36.4 Å². The largest absolute Gasteiger partial charge is 0.384 e. The van der Waals surface area contributed by atoms with Crippen LogP contribution >= 0.6 is 0 Å². The minimum atomic E-state index is -0.345. The lowest BCUT2D eigenvalue weighted by Crippen LogP contribution is -2.20. The minimum absolute atomic E-state index is 0.345. The highest BCUT2D eigenvalue weighted by molar-refractivity contribution is 5.89. The molecule has 0 radical (unpaired) electrons. The first kappa shape index (κ1) is 16.3. The summed E-state index contributed by atoms with van der Waals surface area (Å²) in [4.78, 5) is 4.04. The zero-order valence-electron chi connectivity index (χ0n) is 14.7. The number of fused-ring (bicyclic) bond motifs is 1. The lowest BCUT2D eigenvalue weighted by molar-refractivity contribution is 0.630. The summed E-state index contributed by atoms with van der Waals surface area (Å²) >= 11 is 0. The molecule has 0 saturated heterocycles. The number of aromatic nitrogens is 6. The Balaban J connectivity index is 1.69. The van der Waals surface area contributed by atoms with Crippen molar-refractivity contribution < 1.29 is 4.39 Å². The molecule has 0 spiro atoms. The van der Waals surface area contributed by atoms with Gasteiger partial charge in [0.2, 0.25) is 0 Å². The van der Waals surface area contributed by atoms with E-state index in [1.54, 1.807) is 46.1 Å². The molecule has 3 aromatic heterocycles. The fraction of sp³-hybridized carbons (Fsp3) is 0.105. The molecule has 4 aromatic rings. The van der Waals surface area contributed by atoms with Crippen LogP contribution in [0.15, 0.2) is 60.2 Å².